The van der Waals surface area contributed by atoms with Crippen molar-refractivity contribution in [3.05, 3.63) is 48.5 Å². The maximum Gasteiger partial charge on any atom is 0.178 e. The molecule has 1 aliphatic heterocycles. The number of aliphatic hydroxyl groups is 4. The first-order chi connectivity index (χ1) is 12.6. The third-order valence-electron chi connectivity index (χ3n) is 4.80. The van der Waals surface area contributed by atoms with Crippen molar-refractivity contribution in [2.45, 2.75) is 30.6 Å². The van der Waals surface area contributed by atoms with E-state index in [2.05, 4.69) is 10.3 Å². The minimum Gasteiger partial charge on any atom is -0.394 e. The van der Waals surface area contributed by atoms with Gasteiger partial charge in [-0.1, -0.05) is 36.4 Å². The van der Waals surface area contributed by atoms with Crippen molar-refractivity contribution in [2.75, 3.05) is 11.9 Å². The number of aromatic nitrogens is 1. The summed E-state index contributed by atoms with van der Waals surface area (Å²) in [5.74, 6) is 0. The van der Waals surface area contributed by atoms with Crippen LogP contribution in [0.2, 0.25) is 0 Å². The number of hydrogen-bond donors (Lipinski definition) is 5. The highest BCUT2D eigenvalue weighted by Crippen LogP contribution is 2.33. The molecule has 1 fully saturated rings. The van der Waals surface area contributed by atoms with Crippen molar-refractivity contribution in [3.8, 4) is 0 Å². The maximum absolute atomic E-state index is 10.4. The van der Waals surface area contributed by atoms with Crippen molar-refractivity contribution in [1.29, 1.82) is 0 Å². The number of aliphatic hydroxyl groups excluding tert-OH is 4. The van der Waals surface area contributed by atoms with Crippen LogP contribution in [0.5, 0.6) is 0 Å². The van der Waals surface area contributed by atoms with Crippen LogP contribution in [0.25, 0.3) is 21.8 Å². The van der Waals surface area contributed by atoms with Gasteiger partial charge in [0.05, 0.1) is 23.3 Å². The average Bonchev–Trinajstić information content (AvgIpc) is 2.67. The Morgan fingerprint density at radius 2 is 1.46 bits per heavy atom. The van der Waals surface area contributed by atoms with E-state index in [-0.39, 0.29) is 0 Å². The number of rotatable bonds is 3. The number of para-hydroxylation sites is 2. The molecule has 0 amide bonds. The van der Waals surface area contributed by atoms with E-state index in [0.29, 0.717) is 5.69 Å². The maximum atomic E-state index is 10.4. The smallest absolute Gasteiger partial charge is 0.178 e. The molecule has 0 aliphatic carbocycles. The molecule has 26 heavy (non-hydrogen) atoms. The van der Waals surface area contributed by atoms with Gasteiger partial charge < -0.3 is 30.5 Å². The second-order valence-corrected chi connectivity index (χ2v) is 6.42. The third kappa shape index (κ3) is 2.80. The first-order valence-corrected chi connectivity index (χ1v) is 8.44. The summed E-state index contributed by atoms with van der Waals surface area (Å²) in [6.45, 7) is -0.497. The quantitative estimate of drug-likeness (QED) is 0.437. The molecule has 0 radical (unpaired) electrons. The number of fused-ring (bicyclic) bond motifs is 2. The average molecular weight is 356 g/mol. The molecular formula is C19H20N2O5. The first-order valence-electron chi connectivity index (χ1n) is 8.44. The van der Waals surface area contributed by atoms with Gasteiger partial charge in [-0.15, -0.1) is 0 Å². The third-order valence-corrected chi connectivity index (χ3v) is 4.80. The Morgan fingerprint density at radius 3 is 2.04 bits per heavy atom. The van der Waals surface area contributed by atoms with E-state index in [1.807, 2.05) is 48.5 Å². The fourth-order valence-corrected chi connectivity index (χ4v) is 3.42. The van der Waals surface area contributed by atoms with Gasteiger partial charge in [-0.3, -0.25) is 0 Å². The van der Waals surface area contributed by atoms with E-state index in [1.54, 1.807) is 0 Å². The summed E-state index contributed by atoms with van der Waals surface area (Å²) >= 11 is 0. The van der Waals surface area contributed by atoms with E-state index < -0.39 is 37.3 Å². The highest BCUT2D eigenvalue weighted by atomic mass is 16.6. The normalized spacial score (nSPS) is 29.2. The highest BCUT2D eigenvalue weighted by molar-refractivity contribution is 6.07. The molecule has 7 nitrogen and oxygen atoms in total. The Balaban J connectivity index is 1.81. The van der Waals surface area contributed by atoms with Gasteiger partial charge in [-0.05, 0) is 12.1 Å². The van der Waals surface area contributed by atoms with Gasteiger partial charge in [0.2, 0.25) is 0 Å². The predicted octanol–water partition coefficient (Wildman–Crippen LogP) is 0.600. The summed E-state index contributed by atoms with van der Waals surface area (Å²) in [6, 6.07) is 14.1. The lowest BCUT2D eigenvalue weighted by molar-refractivity contribution is -0.245. The fourth-order valence-electron chi connectivity index (χ4n) is 3.42. The van der Waals surface area contributed by atoms with Crippen LogP contribution in [0, 0.1) is 0 Å². The number of anilines is 1. The summed E-state index contributed by atoms with van der Waals surface area (Å²) in [4.78, 5) is 4.63. The zero-order valence-corrected chi connectivity index (χ0v) is 13.9. The van der Waals surface area contributed by atoms with Gasteiger partial charge in [0.1, 0.15) is 24.4 Å². The Kier molecular flexibility index (Phi) is 4.47. The fraction of sp³-hybridized carbons (Fsp3) is 0.316. The van der Waals surface area contributed by atoms with E-state index in [1.165, 1.54) is 0 Å². The van der Waals surface area contributed by atoms with Gasteiger partial charge in [0.15, 0.2) is 6.29 Å². The summed E-state index contributed by atoms with van der Waals surface area (Å²) < 4.78 is 5.24. The zero-order chi connectivity index (χ0) is 18.3. The molecule has 4 rings (SSSR count). The summed E-state index contributed by atoms with van der Waals surface area (Å²) in [5, 5.41) is 44.9. The van der Waals surface area contributed by atoms with Crippen molar-refractivity contribution in [1.82, 2.24) is 4.98 Å². The number of nitrogens with zero attached hydrogens (tertiary/aromatic N) is 1. The Morgan fingerprint density at radius 1 is 0.885 bits per heavy atom. The van der Waals surface area contributed by atoms with E-state index in [0.717, 1.165) is 21.8 Å². The minimum absolute atomic E-state index is 0.497. The van der Waals surface area contributed by atoms with E-state index >= 15 is 0 Å². The summed E-state index contributed by atoms with van der Waals surface area (Å²) in [7, 11) is 0. The number of hydrogen-bond acceptors (Lipinski definition) is 7. The van der Waals surface area contributed by atoms with Crippen LogP contribution >= 0.6 is 0 Å². The minimum atomic E-state index is -1.39. The molecule has 2 heterocycles. The molecule has 136 valence electrons. The SMILES string of the molecule is OC[C@H]1O[C@@H](O)[C@H](Nc2c3ccccc3nc3ccccc23)[C@H](O)[C@@H]1O. The molecular weight excluding hydrogens is 336 g/mol. The molecule has 3 aromatic rings. The van der Waals surface area contributed by atoms with Gasteiger partial charge in [-0.25, -0.2) is 4.98 Å². The molecule has 0 unspecified atom stereocenters. The monoisotopic (exact) mass is 356 g/mol. The molecule has 5 atom stereocenters. The standard InChI is InChI=1S/C19H20N2O5/c22-9-14-17(23)18(24)16(19(25)26-14)21-15-10-5-1-3-7-12(10)20-13-8-4-2-6-11(13)15/h1-8,14,16-19,22-25H,9H2,(H,20,21)/t14-,16-,17-,18+,19-/m1/s1. The lowest BCUT2D eigenvalue weighted by Gasteiger charge is -2.41. The highest BCUT2D eigenvalue weighted by Gasteiger charge is 2.43. The van der Waals surface area contributed by atoms with Gasteiger partial charge in [0.25, 0.3) is 0 Å². The Labute approximate surface area is 149 Å². The Hall–Kier alpha value is -2.29. The van der Waals surface area contributed by atoms with Crippen molar-refractivity contribution in [3.63, 3.8) is 0 Å². The van der Waals surface area contributed by atoms with Crippen LogP contribution in [-0.4, -0.2) is 62.7 Å². The van der Waals surface area contributed by atoms with Crippen LogP contribution < -0.4 is 5.32 Å². The second kappa shape index (κ2) is 6.79. The molecule has 0 bridgehead atoms. The van der Waals surface area contributed by atoms with Crippen LogP contribution in [0.4, 0.5) is 5.69 Å². The molecule has 0 spiro atoms. The number of nitrogens with one attached hydrogen (secondary N) is 1. The zero-order valence-electron chi connectivity index (χ0n) is 13.9. The summed E-state index contributed by atoms with van der Waals surface area (Å²) in [6.07, 6.45) is -5.07. The molecule has 5 N–H and O–H groups in total. The molecule has 1 aliphatic rings. The molecule has 7 heteroatoms. The number of ether oxygens (including phenoxy) is 1. The molecule has 2 aromatic carbocycles. The molecule has 0 saturated carbocycles. The van der Waals surface area contributed by atoms with Crippen molar-refractivity contribution in [2.24, 2.45) is 0 Å². The predicted molar refractivity (Wildman–Crippen MR) is 96.6 cm³/mol. The van der Waals surface area contributed by atoms with E-state index in [9.17, 15) is 20.4 Å². The molecule has 1 saturated heterocycles. The van der Waals surface area contributed by atoms with Crippen LogP contribution in [0.3, 0.4) is 0 Å². The first kappa shape index (κ1) is 17.1. The number of benzene rings is 2. The largest absolute Gasteiger partial charge is 0.394 e. The van der Waals surface area contributed by atoms with Gasteiger partial charge >= 0.3 is 0 Å². The molecule has 1 aromatic heterocycles. The van der Waals surface area contributed by atoms with Gasteiger partial charge in [0, 0.05) is 10.8 Å². The second-order valence-electron chi connectivity index (χ2n) is 6.42. The van der Waals surface area contributed by atoms with Crippen molar-refractivity contribution < 1.29 is 25.2 Å². The van der Waals surface area contributed by atoms with Gasteiger partial charge in [-0.2, -0.15) is 0 Å². The summed E-state index contributed by atoms with van der Waals surface area (Å²) in [5.41, 5.74) is 2.22. The van der Waals surface area contributed by atoms with Crippen molar-refractivity contribution >= 4 is 27.5 Å². The lowest BCUT2D eigenvalue weighted by Crippen LogP contribution is -2.61. The topological polar surface area (TPSA) is 115 Å². The van der Waals surface area contributed by atoms with Crippen LogP contribution in [0.1, 0.15) is 0 Å². The lowest BCUT2D eigenvalue weighted by atomic mass is 9.96. The van der Waals surface area contributed by atoms with Crippen LogP contribution in [0.15, 0.2) is 48.5 Å². The Bertz CT molecular complexity index is 880. The van der Waals surface area contributed by atoms with Crippen LogP contribution in [-0.2, 0) is 4.74 Å². The number of pyridine rings is 1. The van der Waals surface area contributed by atoms with E-state index in [4.69, 9.17) is 4.74 Å².